The largest absolute Gasteiger partial charge is 0.451 e. The summed E-state index contributed by atoms with van der Waals surface area (Å²) in [5, 5.41) is 7.99. The standard InChI is InChI=1S/C22H18F3N3O3S/c23-22(24,25)21(29)20(15-16-7-3-1-4-8-16)28-32(30,31)19-13-11-18(12-14-19)27-26-17-9-5-2-6-10-17/h1-14,20,28H,15H2. The van der Waals surface area contributed by atoms with Gasteiger partial charge in [0.1, 0.15) is 0 Å². The van der Waals surface area contributed by atoms with E-state index < -0.39 is 34.4 Å². The fourth-order valence-electron chi connectivity index (χ4n) is 2.79. The summed E-state index contributed by atoms with van der Waals surface area (Å²) in [6.07, 6.45) is -5.63. The second-order valence-corrected chi connectivity index (χ2v) is 8.47. The fraction of sp³-hybridized carbons (Fsp3) is 0.136. The second kappa shape index (κ2) is 9.84. The van der Waals surface area contributed by atoms with Gasteiger partial charge < -0.3 is 0 Å². The highest BCUT2D eigenvalue weighted by atomic mass is 32.2. The molecule has 3 aromatic carbocycles. The Bertz CT molecular complexity index is 1180. The number of nitrogens with zero attached hydrogens (tertiary/aromatic N) is 2. The normalized spacial score (nSPS) is 13.2. The molecule has 0 aliphatic rings. The molecule has 0 aromatic heterocycles. The average Bonchev–Trinajstić information content (AvgIpc) is 2.78. The van der Waals surface area contributed by atoms with Crippen LogP contribution in [0.1, 0.15) is 5.56 Å². The van der Waals surface area contributed by atoms with Gasteiger partial charge in [-0.05, 0) is 48.4 Å². The zero-order chi connectivity index (χ0) is 23.2. The number of sulfonamides is 1. The van der Waals surface area contributed by atoms with Crippen LogP contribution in [0.15, 0.2) is 100 Å². The minimum Gasteiger partial charge on any atom is -0.288 e. The molecular formula is C22H18F3N3O3S. The molecule has 32 heavy (non-hydrogen) atoms. The van der Waals surface area contributed by atoms with Crippen molar-refractivity contribution in [1.82, 2.24) is 4.72 Å². The van der Waals surface area contributed by atoms with E-state index in [1.165, 1.54) is 36.4 Å². The minimum absolute atomic E-state index is 0.302. The highest BCUT2D eigenvalue weighted by Gasteiger charge is 2.44. The van der Waals surface area contributed by atoms with Crippen molar-refractivity contribution in [2.24, 2.45) is 10.2 Å². The number of ketones is 1. The van der Waals surface area contributed by atoms with Gasteiger partial charge in [-0.2, -0.15) is 28.1 Å². The zero-order valence-electron chi connectivity index (χ0n) is 16.5. The van der Waals surface area contributed by atoms with Crippen molar-refractivity contribution in [2.75, 3.05) is 0 Å². The van der Waals surface area contributed by atoms with Gasteiger partial charge in [0.15, 0.2) is 0 Å². The Balaban J connectivity index is 1.79. The van der Waals surface area contributed by atoms with E-state index in [2.05, 4.69) is 10.2 Å². The first kappa shape index (κ1) is 23.3. The number of carbonyl (C=O) groups excluding carboxylic acids is 1. The fourth-order valence-corrected chi connectivity index (χ4v) is 3.99. The number of halogens is 3. The van der Waals surface area contributed by atoms with Gasteiger partial charge in [0.2, 0.25) is 10.0 Å². The monoisotopic (exact) mass is 461 g/mol. The molecule has 0 amide bonds. The molecule has 1 N–H and O–H groups in total. The summed E-state index contributed by atoms with van der Waals surface area (Å²) in [4.78, 5) is 11.6. The van der Waals surface area contributed by atoms with Crippen LogP contribution in [-0.4, -0.2) is 26.4 Å². The van der Waals surface area contributed by atoms with Crippen molar-refractivity contribution in [1.29, 1.82) is 0 Å². The average molecular weight is 461 g/mol. The quantitative estimate of drug-likeness (QED) is 0.472. The Kier molecular flexibility index (Phi) is 7.16. The molecule has 0 radical (unpaired) electrons. The summed E-state index contributed by atoms with van der Waals surface area (Å²) in [5.74, 6) is -2.17. The summed E-state index contributed by atoms with van der Waals surface area (Å²) in [5.41, 5.74) is 1.33. The van der Waals surface area contributed by atoms with Crippen LogP contribution < -0.4 is 4.72 Å². The number of alkyl halides is 3. The van der Waals surface area contributed by atoms with Crippen LogP contribution in [0.3, 0.4) is 0 Å². The summed E-state index contributed by atoms with van der Waals surface area (Å²) >= 11 is 0. The predicted molar refractivity (Wildman–Crippen MR) is 112 cm³/mol. The summed E-state index contributed by atoms with van der Waals surface area (Å²) in [7, 11) is -4.41. The maximum Gasteiger partial charge on any atom is 0.451 e. The lowest BCUT2D eigenvalue weighted by atomic mass is 10.0. The van der Waals surface area contributed by atoms with Gasteiger partial charge >= 0.3 is 6.18 Å². The number of Topliss-reactive ketones (excluding diaryl/α,β-unsaturated/α-hetero) is 1. The van der Waals surface area contributed by atoms with Crippen LogP contribution >= 0.6 is 0 Å². The second-order valence-electron chi connectivity index (χ2n) is 6.76. The van der Waals surface area contributed by atoms with E-state index >= 15 is 0 Å². The van der Waals surface area contributed by atoms with E-state index in [9.17, 15) is 26.4 Å². The molecule has 0 aliphatic carbocycles. The number of hydrogen-bond donors (Lipinski definition) is 1. The highest BCUT2D eigenvalue weighted by Crippen LogP contribution is 2.23. The van der Waals surface area contributed by atoms with Crippen LogP contribution in [-0.2, 0) is 21.2 Å². The van der Waals surface area contributed by atoms with Gasteiger partial charge in [-0.3, -0.25) is 4.79 Å². The van der Waals surface area contributed by atoms with E-state index in [4.69, 9.17) is 0 Å². The smallest absolute Gasteiger partial charge is 0.288 e. The molecule has 0 saturated heterocycles. The maximum absolute atomic E-state index is 13.1. The van der Waals surface area contributed by atoms with Crippen molar-refractivity contribution >= 4 is 27.2 Å². The van der Waals surface area contributed by atoms with E-state index in [-0.39, 0.29) is 4.90 Å². The topological polar surface area (TPSA) is 88.0 Å². The van der Waals surface area contributed by atoms with Crippen molar-refractivity contribution in [3.8, 4) is 0 Å². The van der Waals surface area contributed by atoms with Crippen LogP contribution in [0.5, 0.6) is 0 Å². The molecule has 166 valence electrons. The lowest BCUT2D eigenvalue weighted by Crippen LogP contribution is -2.47. The van der Waals surface area contributed by atoms with Gasteiger partial charge in [0.25, 0.3) is 5.78 Å². The van der Waals surface area contributed by atoms with Crippen molar-refractivity contribution in [3.63, 3.8) is 0 Å². The van der Waals surface area contributed by atoms with Crippen LogP contribution in [0.2, 0.25) is 0 Å². The van der Waals surface area contributed by atoms with Crippen LogP contribution in [0, 0.1) is 0 Å². The molecule has 0 spiro atoms. The lowest BCUT2D eigenvalue weighted by molar-refractivity contribution is -0.172. The van der Waals surface area contributed by atoms with Gasteiger partial charge in [-0.25, -0.2) is 8.42 Å². The minimum atomic E-state index is -5.19. The zero-order valence-corrected chi connectivity index (χ0v) is 17.3. The number of nitrogens with one attached hydrogen (secondary N) is 1. The van der Waals surface area contributed by atoms with Gasteiger partial charge in [0.05, 0.1) is 22.3 Å². The van der Waals surface area contributed by atoms with Crippen molar-refractivity contribution in [2.45, 2.75) is 23.5 Å². The number of benzene rings is 3. The number of rotatable bonds is 8. The van der Waals surface area contributed by atoms with E-state index in [0.29, 0.717) is 16.9 Å². The molecule has 3 aromatic rings. The van der Waals surface area contributed by atoms with Crippen molar-refractivity contribution in [3.05, 3.63) is 90.5 Å². The Hall–Kier alpha value is -3.37. The van der Waals surface area contributed by atoms with E-state index in [1.807, 2.05) is 10.8 Å². The first-order valence-electron chi connectivity index (χ1n) is 9.39. The first-order chi connectivity index (χ1) is 15.1. The SMILES string of the molecule is O=C(C(Cc1ccccc1)NS(=O)(=O)c1ccc(N=Nc2ccccc2)cc1)C(F)(F)F. The Morgan fingerprint density at radius 1 is 0.812 bits per heavy atom. The third-order valence-corrected chi connectivity index (χ3v) is 5.85. The number of azo groups is 1. The highest BCUT2D eigenvalue weighted by molar-refractivity contribution is 7.89. The molecule has 10 heteroatoms. The first-order valence-corrected chi connectivity index (χ1v) is 10.9. The molecule has 1 atom stereocenters. The van der Waals surface area contributed by atoms with Crippen molar-refractivity contribution < 1.29 is 26.4 Å². The number of hydrogen-bond acceptors (Lipinski definition) is 5. The Morgan fingerprint density at radius 3 is 1.84 bits per heavy atom. The molecule has 0 bridgehead atoms. The van der Waals surface area contributed by atoms with E-state index in [0.717, 1.165) is 0 Å². The Morgan fingerprint density at radius 2 is 1.31 bits per heavy atom. The summed E-state index contributed by atoms with van der Waals surface area (Å²) in [6, 6.07) is 19.8. The van der Waals surface area contributed by atoms with Gasteiger partial charge in [-0.1, -0.05) is 48.5 Å². The molecule has 6 nitrogen and oxygen atoms in total. The molecule has 1 unspecified atom stereocenters. The molecule has 0 aliphatic heterocycles. The molecule has 0 fully saturated rings. The van der Waals surface area contributed by atoms with Gasteiger partial charge in [-0.15, -0.1) is 0 Å². The third-order valence-electron chi connectivity index (χ3n) is 4.36. The van der Waals surface area contributed by atoms with Crippen LogP contribution in [0.4, 0.5) is 24.5 Å². The number of carbonyl (C=O) groups is 1. The lowest BCUT2D eigenvalue weighted by Gasteiger charge is -2.19. The molecular weight excluding hydrogens is 443 g/mol. The summed E-state index contributed by atoms with van der Waals surface area (Å²) < 4.78 is 66.4. The maximum atomic E-state index is 13.1. The molecule has 0 heterocycles. The van der Waals surface area contributed by atoms with Gasteiger partial charge in [0, 0.05) is 0 Å². The Labute approximate surface area is 182 Å². The molecule has 3 rings (SSSR count). The predicted octanol–water partition coefficient (Wildman–Crippen LogP) is 5.12. The molecule has 0 saturated carbocycles. The van der Waals surface area contributed by atoms with E-state index in [1.54, 1.807) is 42.5 Å². The van der Waals surface area contributed by atoms with Crippen LogP contribution in [0.25, 0.3) is 0 Å². The third kappa shape index (κ3) is 6.32. The summed E-state index contributed by atoms with van der Waals surface area (Å²) in [6.45, 7) is 0.